The fourth-order valence-electron chi connectivity index (χ4n) is 2.18. The highest BCUT2D eigenvalue weighted by atomic mass is 35.5. The van der Waals surface area contributed by atoms with Crippen LogP contribution in [0.2, 0.25) is 0 Å². The molecule has 0 unspecified atom stereocenters. The summed E-state index contributed by atoms with van der Waals surface area (Å²) in [6, 6.07) is 8.41. The Bertz CT molecular complexity index is 511. The maximum atomic E-state index is 5.23. The Morgan fingerprint density at radius 1 is 1.17 bits per heavy atom. The molecule has 98 valence electrons. The van der Waals surface area contributed by atoms with Gasteiger partial charge in [-0.2, -0.15) is 9.44 Å². The van der Waals surface area contributed by atoms with E-state index in [-0.39, 0.29) is 12.4 Å². The molecule has 1 aromatic heterocycles. The third-order valence-electron chi connectivity index (χ3n) is 3.15. The number of hydroxylamine groups is 2. The molecule has 0 radical (unpaired) electrons. The second kappa shape index (κ2) is 5.84. The lowest BCUT2D eigenvalue weighted by molar-refractivity contribution is -0.133. The van der Waals surface area contributed by atoms with E-state index in [9.17, 15) is 0 Å². The maximum Gasteiger partial charge on any atom is 0.150 e. The van der Waals surface area contributed by atoms with Gasteiger partial charge in [-0.15, -0.1) is 12.4 Å². The minimum absolute atomic E-state index is 0. The highest BCUT2D eigenvalue weighted by Gasteiger charge is 2.20. The molecule has 18 heavy (non-hydrogen) atoms. The maximum absolute atomic E-state index is 5.23. The number of rotatable bonds is 2. The lowest BCUT2D eigenvalue weighted by Gasteiger charge is -2.33. The number of hydrogen-bond acceptors (Lipinski definition) is 5. The van der Waals surface area contributed by atoms with Crippen molar-refractivity contribution in [2.45, 2.75) is 0 Å². The molecule has 1 saturated heterocycles. The Hall–Kier alpha value is -0.880. The van der Waals surface area contributed by atoms with Gasteiger partial charge in [-0.05, 0) is 23.7 Å². The Morgan fingerprint density at radius 2 is 1.89 bits per heavy atom. The van der Waals surface area contributed by atoms with Crippen molar-refractivity contribution in [2.24, 2.45) is 0 Å². The van der Waals surface area contributed by atoms with Crippen molar-refractivity contribution < 1.29 is 4.84 Å². The average Bonchev–Trinajstić information content (AvgIpc) is 2.83. The van der Waals surface area contributed by atoms with Crippen LogP contribution in [0.25, 0.3) is 10.1 Å². The van der Waals surface area contributed by atoms with Crippen LogP contribution in [0.3, 0.4) is 0 Å². The second-order valence-corrected chi connectivity index (χ2v) is 4.91. The number of aromatic nitrogens is 1. The Balaban J connectivity index is 0.00000120. The fourth-order valence-corrected chi connectivity index (χ4v) is 2.98. The van der Waals surface area contributed by atoms with Crippen LogP contribution in [-0.2, 0) is 4.84 Å². The molecule has 3 rings (SSSR count). The standard InChI is InChI=1S/C12H15N3OS.ClH/c1-16-15-8-6-14(7-9-15)12-10-4-2-3-5-11(10)17-13-12;/h2-5H,6-9H2,1H3;1H. The van der Waals surface area contributed by atoms with Crippen molar-refractivity contribution in [3.05, 3.63) is 24.3 Å². The fraction of sp³-hybridized carbons (Fsp3) is 0.417. The summed E-state index contributed by atoms with van der Waals surface area (Å²) in [5, 5.41) is 3.26. The van der Waals surface area contributed by atoms with Gasteiger partial charge in [-0.1, -0.05) is 12.1 Å². The minimum atomic E-state index is 0. The summed E-state index contributed by atoms with van der Waals surface area (Å²) in [5.74, 6) is 1.13. The predicted octanol–water partition coefficient (Wildman–Crippen LogP) is 2.40. The molecular formula is C12H16ClN3OS. The van der Waals surface area contributed by atoms with E-state index in [4.69, 9.17) is 4.84 Å². The van der Waals surface area contributed by atoms with Crippen LogP contribution in [0.1, 0.15) is 0 Å². The smallest absolute Gasteiger partial charge is 0.150 e. The first-order valence-corrected chi connectivity index (χ1v) is 6.54. The molecule has 0 spiro atoms. The third-order valence-corrected chi connectivity index (χ3v) is 3.97. The zero-order valence-corrected chi connectivity index (χ0v) is 11.8. The second-order valence-electron chi connectivity index (χ2n) is 4.10. The van der Waals surface area contributed by atoms with Gasteiger partial charge >= 0.3 is 0 Å². The van der Waals surface area contributed by atoms with Crippen molar-refractivity contribution >= 4 is 39.8 Å². The summed E-state index contributed by atoms with van der Waals surface area (Å²) >= 11 is 1.58. The SMILES string of the molecule is CON1CCN(c2nsc3ccccc23)CC1.Cl. The van der Waals surface area contributed by atoms with Gasteiger partial charge in [-0.25, -0.2) is 0 Å². The lowest BCUT2D eigenvalue weighted by Crippen LogP contribution is -2.45. The number of fused-ring (bicyclic) bond motifs is 1. The summed E-state index contributed by atoms with van der Waals surface area (Å²) in [4.78, 5) is 7.57. The highest BCUT2D eigenvalue weighted by Crippen LogP contribution is 2.29. The predicted molar refractivity (Wildman–Crippen MR) is 77.7 cm³/mol. The number of piperazine rings is 1. The number of anilines is 1. The first-order valence-electron chi connectivity index (χ1n) is 5.77. The zero-order valence-electron chi connectivity index (χ0n) is 10.2. The van der Waals surface area contributed by atoms with Gasteiger partial charge in [-0.3, -0.25) is 0 Å². The summed E-state index contributed by atoms with van der Waals surface area (Å²) in [5.41, 5.74) is 0. The Kier molecular flexibility index (Phi) is 4.40. The largest absolute Gasteiger partial charge is 0.353 e. The molecule has 0 saturated carbocycles. The van der Waals surface area contributed by atoms with Crippen molar-refractivity contribution in [1.29, 1.82) is 0 Å². The summed E-state index contributed by atoms with van der Waals surface area (Å²) < 4.78 is 5.84. The quantitative estimate of drug-likeness (QED) is 0.847. The summed E-state index contributed by atoms with van der Waals surface area (Å²) in [6.45, 7) is 3.81. The molecule has 1 aromatic carbocycles. The van der Waals surface area contributed by atoms with Crippen LogP contribution in [0.15, 0.2) is 24.3 Å². The molecule has 2 aromatic rings. The van der Waals surface area contributed by atoms with Crippen molar-refractivity contribution in [2.75, 3.05) is 38.2 Å². The number of benzene rings is 1. The normalized spacial score (nSPS) is 16.8. The van der Waals surface area contributed by atoms with E-state index in [1.165, 1.54) is 10.1 Å². The summed E-state index contributed by atoms with van der Waals surface area (Å²) in [6.07, 6.45) is 0. The van der Waals surface area contributed by atoms with Gasteiger partial charge in [0.05, 0.1) is 11.8 Å². The Morgan fingerprint density at radius 3 is 2.61 bits per heavy atom. The molecule has 1 aliphatic heterocycles. The van der Waals surface area contributed by atoms with Crippen molar-refractivity contribution in [3.8, 4) is 0 Å². The molecule has 0 N–H and O–H groups in total. The van der Waals surface area contributed by atoms with Crippen LogP contribution in [0.4, 0.5) is 5.82 Å². The van der Waals surface area contributed by atoms with Gasteiger partial charge in [0.15, 0.2) is 0 Å². The van der Waals surface area contributed by atoms with Crippen molar-refractivity contribution in [3.63, 3.8) is 0 Å². The molecule has 0 amide bonds. The molecule has 4 nitrogen and oxygen atoms in total. The van der Waals surface area contributed by atoms with Gasteiger partial charge in [0.1, 0.15) is 5.82 Å². The van der Waals surface area contributed by atoms with E-state index in [0.717, 1.165) is 32.0 Å². The van der Waals surface area contributed by atoms with Gasteiger partial charge < -0.3 is 9.74 Å². The van der Waals surface area contributed by atoms with E-state index in [0.29, 0.717) is 0 Å². The van der Waals surface area contributed by atoms with Gasteiger partial charge in [0, 0.05) is 31.6 Å². The highest BCUT2D eigenvalue weighted by molar-refractivity contribution is 7.13. The molecule has 0 bridgehead atoms. The van der Waals surface area contributed by atoms with E-state index in [1.54, 1.807) is 18.6 Å². The number of hydrogen-bond donors (Lipinski definition) is 0. The van der Waals surface area contributed by atoms with E-state index >= 15 is 0 Å². The molecular weight excluding hydrogens is 270 g/mol. The molecule has 6 heteroatoms. The zero-order chi connectivity index (χ0) is 11.7. The monoisotopic (exact) mass is 285 g/mol. The first kappa shape index (κ1) is 13.5. The third kappa shape index (κ3) is 2.44. The molecule has 2 heterocycles. The topological polar surface area (TPSA) is 28.6 Å². The van der Waals surface area contributed by atoms with Gasteiger partial charge in [0.2, 0.25) is 0 Å². The van der Waals surface area contributed by atoms with Crippen LogP contribution >= 0.6 is 23.9 Å². The van der Waals surface area contributed by atoms with Crippen LogP contribution < -0.4 is 4.90 Å². The van der Waals surface area contributed by atoms with E-state index in [1.807, 2.05) is 5.06 Å². The molecule has 1 aliphatic rings. The van der Waals surface area contributed by atoms with E-state index < -0.39 is 0 Å². The van der Waals surface area contributed by atoms with Crippen molar-refractivity contribution in [1.82, 2.24) is 9.44 Å². The summed E-state index contributed by atoms with van der Waals surface area (Å²) in [7, 11) is 1.73. The van der Waals surface area contributed by atoms with E-state index in [2.05, 4.69) is 33.5 Å². The van der Waals surface area contributed by atoms with Crippen LogP contribution in [-0.4, -0.2) is 42.7 Å². The van der Waals surface area contributed by atoms with Crippen LogP contribution in [0, 0.1) is 0 Å². The van der Waals surface area contributed by atoms with Crippen LogP contribution in [0.5, 0.6) is 0 Å². The average molecular weight is 286 g/mol. The lowest BCUT2D eigenvalue weighted by atomic mass is 10.2. The molecule has 0 aliphatic carbocycles. The minimum Gasteiger partial charge on any atom is -0.353 e. The molecule has 0 atom stereocenters. The molecule has 1 fully saturated rings. The first-order chi connectivity index (χ1) is 8.38. The van der Waals surface area contributed by atoms with Gasteiger partial charge in [0.25, 0.3) is 0 Å². The number of nitrogens with zero attached hydrogens (tertiary/aromatic N) is 3. The number of halogens is 1. The Labute approximate surface area is 117 Å².